The number of ether oxygens (including phenoxy) is 1. The topological polar surface area (TPSA) is 84.0 Å². The van der Waals surface area contributed by atoms with Gasteiger partial charge >= 0.3 is 5.97 Å². The van der Waals surface area contributed by atoms with E-state index < -0.39 is 11.9 Å². The molecule has 3 fully saturated rings. The minimum absolute atomic E-state index is 0.0200. The number of hydrogen-bond acceptors (Lipinski definition) is 5. The van der Waals surface area contributed by atoms with Crippen molar-refractivity contribution in [2.24, 2.45) is 17.8 Å². The summed E-state index contributed by atoms with van der Waals surface area (Å²) in [5.41, 5.74) is 0.841. The summed E-state index contributed by atoms with van der Waals surface area (Å²) in [4.78, 5) is 53.8. The highest BCUT2D eigenvalue weighted by Crippen LogP contribution is 2.41. The van der Waals surface area contributed by atoms with E-state index in [4.69, 9.17) is 27.9 Å². The summed E-state index contributed by atoms with van der Waals surface area (Å²) in [5, 5.41) is 0.570. The number of nitrogens with zero attached hydrogens (tertiary/aromatic N) is 2. The molecule has 3 aliphatic rings. The third-order valence-electron chi connectivity index (χ3n) is 6.82. The fourth-order valence-corrected chi connectivity index (χ4v) is 5.50. The summed E-state index contributed by atoms with van der Waals surface area (Å²) >= 11 is 12.3. The first-order valence-corrected chi connectivity index (χ1v) is 12.0. The summed E-state index contributed by atoms with van der Waals surface area (Å²) in [7, 11) is 0. The van der Waals surface area contributed by atoms with Crippen molar-refractivity contribution in [2.75, 3.05) is 16.3 Å². The van der Waals surface area contributed by atoms with E-state index in [1.165, 1.54) is 15.9 Å². The van der Waals surface area contributed by atoms with Gasteiger partial charge < -0.3 is 9.64 Å². The number of rotatable bonds is 4. The van der Waals surface area contributed by atoms with Crippen molar-refractivity contribution in [3.8, 4) is 5.75 Å². The molecule has 3 amide bonds. The lowest BCUT2D eigenvalue weighted by atomic mass is 9.81. The molecule has 0 spiro atoms. The van der Waals surface area contributed by atoms with E-state index in [0.29, 0.717) is 16.4 Å². The van der Waals surface area contributed by atoms with Gasteiger partial charge in [0.25, 0.3) is 0 Å². The van der Waals surface area contributed by atoms with Crippen molar-refractivity contribution in [2.45, 2.75) is 32.1 Å². The smallest absolute Gasteiger partial charge is 0.316 e. The molecule has 1 saturated carbocycles. The molecule has 7 nitrogen and oxygen atoms in total. The zero-order chi connectivity index (χ0) is 24.0. The average molecular weight is 501 g/mol. The third-order valence-corrected chi connectivity index (χ3v) is 7.62. The number of amides is 3. The van der Waals surface area contributed by atoms with Gasteiger partial charge in [-0.1, -0.05) is 48.2 Å². The Labute approximate surface area is 206 Å². The second-order valence-electron chi connectivity index (χ2n) is 8.91. The van der Waals surface area contributed by atoms with Crippen molar-refractivity contribution in [3.05, 3.63) is 52.5 Å². The Hall–Kier alpha value is -2.90. The molecule has 0 bridgehead atoms. The van der Waals surface area contributed by atoms with Gasteiger partial charge in [0.1, 0.15) is 5.75 Å². The Kier molecular flexibility index (Phi) is 6.08. The lowest BCUT2D eigenvalue weighted by molar-refractivity contribution is -0.139. The normalized spacial score (nSPS) is 24.5. The zero-order valence-corrected chi connectivity index (χ0v) is 19.7. The van der Waals surface area contributed by atoms with Gasteiger partial charge in [0.2, 0.25) is 17.7 Å². The minimum atomic E-state index is -0.691. The predicted molar refractivity (Wildman–Crippen MR) is 127 cm³/mol. The maximum atomic E-state index is 12.9. The number of imide groups is 1. The van der Waals surface area contributed by atoms with Crippen molar-refractivity contribution in [1.82, 2.24) is 0 Å². The first-order chi connectivity index (χ1) is 16.3. The SMILES string of the molecule is O=C(Oc1cccc(N2C(=O)[C@@H]3CCCC[C@H]3C2=O)c1)[C@@H]1CC(=O)N(c2cccc(Cl)c2Cl)C1. The molecule has 2 aromatic carbocycles. The molecule has 2 aromatic rings. The van der Waals surface area contributed by atoms with Gasteiger partial charge in [-0.3, -0.25) is 19.2 Å². The number of esters is 1. The Bertz CT molecular complexity index is 1180. The standard InChI is InChI=1S/C25H22Cl2N2O5/c26-19-9-4-10-20(22(19)27)28-13-14(11-21(28)30)25(33)34-16-6-3-5-15(12-16)29-23(31)17-7-1-2-8-18(17)24(29)32/h3-6,9-10,12,14,17-18H,1-2,7-8,11,13H2/t14-,17-,18-/m1/s1. The van der Waals surface area contributed by atoms with Crippen LogP contribution >= 0.6 is 23.2 Å². The fourth-order valence-electron chi connectivity index (χ4n) is 5.10. The van der Waals surface area contributed by atoms with Gasteiger partial charge in [-0.25, -0.2) is 4.90 Å². The molecule has 0 radical (unpaired) electrons. The predicted octanol–water partition coefficient (Wildman–Crippen LogP) is 4.63. The molecule has 5 rings (SSSR count). The highest BCUT2D eigenvalue weighted by Gasteiger charge is 2.48. The summed E-state index contributed by atoms with van der Waals surface area (Å²) in [6, 6.07) is 11.4. The number of fused-ring (bicyclic) bond motifs is 1. The van der Waals surface area contributed by atoms with Gasteiger partial charge in [0, 0.05) is 19.0 Å². The molecule has 9 heteroatoms. The Balaban J connectivity index is 1.30. The van der Waals surface area contributed by atoms with Gasteiger partial charge in [0.05, 0.1) is 39.2 Å². The molecule has 2 saturated heterocycles. The fraction of sp³-hybridized carbons (Fsp3) is 0.360. The first-order valence-electron chi connectivity index (χ1n) is 11.3. The van der Waals surface area contributed by atoms with Crippen LogP contribution in [0.2, 0.25) is 10.0 Å². The number of anilines is 2. The van der Waals surface area contributed by atoms with Crippen molar-refractivity contribution in [1.29, 1.82) is 0 Å². The second-order valence-corrected chi connectivity index (χ2v) is 9.69. The number of hydrogen-bond donors (Lipinski definition) is 0. The molecule has 0 aromatic heterocycles. The quantitative estimate of drug-likeness (QED) is 0.347. The number of halogens is 2. The van der Waals surface area contributed by atoms with Gasteiger partial charge in [-0.15, -0.1) is 0 Å². The molecular weight excluding hydrogens is 479 g/mol. The van der Waals surface area contributed by atoms with Crippen molar-refractivity contribution >= 4 is 58.3 Å². The lowest BCUT2D eigenvalue weighted by Gasteiger charge is -2.19. The van der Waals surface area contributed by atoms with E-state index in [1.807, 2.05) is 0 Å². The summed E-state index contributed by atoms with van der Waals surface area (Å²) in [6.07, 6.45) is 3.33. The molecule has 0 N–H and O–H groups in total. The molecular formula is C25H22Cl2N2O5. The molecule has 3 atom stereocenters. The van der Waals surface area contributed by atoms with Crippen LogP contribution in [0.1, 0.15) is 32.1 Å². The maximum absolute atomic E-state index is 12.9. The van der Waals surface area contributed by atoms with E-state index in [2.05, 4.69) is 0 Å². The molecule has 176 valence electrons. The first kappa shape index (κ1) is 22.9. The highest BCUT2D eigenvalue weighted by atomic mass is 35.5. The van der Waals surface area contributed by atoms with E-state index in [9.17, 15) is 19.2 Å². The summed E-state index contributed by atoms with van der Waals surface area (Å²) in [5.74, 6) is -2.20. The van der Waals surface area contributed by atoms with Crippen molar-refractivity contribution < 1.29 is 23.9 Å². The summed E-state index contributed by atoms with van der Waals surface area (Å²) < 4.78 is 5.55. The van der Waals surface area contributed by atoms with Crippen LogP contribution in [-0.4, -0.2) is 30.2 Å². The number of carbonyl (C=O) groups excluding carboxylic acids is 4. The van der Waals surface area contributed by atoms with Crippen LogP contribution in [-0.2, 0) is 19.2 Å². The largest absolute Gasteiger partial charge is 0.426 e. The van der Waals surface area contributed by atoms with Crippen molar-refractivity contribution in [3.63, 3.8) is 0 Å². The summed E-state index contributed by atoms with van der Waals surface area (Å²) in [6.45, 7) is 0.115. The number of benzene rings is 2. The van der Waals surface area contributed by atoms with Crippen LogP contribution in [0.4, 0.5) is 11.4 Å². The Morgan fingerprint density at radius 3 is 2.32 bits per heavy atom. The van der Waals surface area contributed by atoms with Gasteiger partial charge in [0.15, 0.2) is 0 Å². The van der Waals surface area contributed by atoms with E-state index >= 15 is 0 Å². The zero-order valence-electron chi connectivity index (χ0n) is 18.2. The molecule has 2 heterocycles. The third kappa shape index (κ3) is 3.97. The monoisotopic (exact) mass is 500 g/mol. The van der Waals surface area contributed by atoms with Crippen LogP contribution in [0.25, 0.3) is 0 Å². The molecule has 2 aliphatic heterocycles. The minimum Gasteiger partial charge on any atom is -0.426 e. The molecule has 1 aliphatic carbocycles. The molecule has 34 heavy (non-hydrogen) atoms. The van der Waals surface area contributed by atoms with E-state index in [-0.39, 0.29) is 53.3 Å². The highest BCUT2D eigenvalue weighted by molar-refractivity contribution is 6.44. The van der Waals surface area contributed by atoms with Crippen LogP contribution in [0.5, 0.6) is 5.75 Å². The van der Waals surface area contributed by atoms with Gasteiger partial charge in [-0.2, -0.15) is 0 Å². The molecule has 0 unspecified atom stereocenters. The van der Waals surface area contributed by atoms with Crippen LogP contribution in [0.15, 0.2) is 42.5 Å². The Morgan fingerprint density at radius 1 is 0.941 bits per heavy atom. The van der Waals surface area contributed by atoms with Gasteiger partial charge in [-0.05, 0) is 37.1 Å². The van der Waals surface area contributed by atoms with Crippen LogP contribution in [0, 0.1) is 17.8 Å². The second kappa shape index (κ2) is 9.04. The van der Waals surface area contributed by atoms with Crippen LogP contribution < -0.4 is 14.5 Å². The van der Waals surface area contributed by atoms with Crippen LogP contribution in [0.3, 0.4) is 0 Å². The Morgan fingerprint density at radius 2 is 1.62 bits per heavy atom. The lowest BCUT2D eigenvalue weighted by Crippen LogP contribution is -2.31. The van der Waals surface area contributed by atoms with E-state index in [0.717, 1.165) is 25.7 Å². The average Bonchev–Trinajstić information content (AvgIpc) is 3.33. The van der Waals surface area contributed by atoms with E-state index in [1.54, 1.807) is 36.4 Å². The maximum Gasteiger partial charge on any atom is 0.316 e. The number of carbonyl (C=O) groups is 4.